The van der Waals surface area contributed by atoms with Crippen LogP contribution < -0.4 is 0 Å². The summed E-state index contributed by atoms with van der Waals surface area (Å²) in [5.74, 6) is 0. The summed E-state index contributed by atoms with van der Waals surface area (Å²) >= 11 is 0. The van der Waals surface area contributed by atoms with Crippen LogP contribution in [0.15, 0.2) is 182 Å². The fraction of sp³-hybridized carbons (Fsp3) is 0. The third kappa shape index (κ3) is 4.52. The molecule has 2 nitrogen and oxygen atoms in total. The average molecular weight is 731 g/mol. The van der Waals surface area contributed by atoms with Crippen molar-refractivity contribution < 1.29 is 0 Å². The van der Waals surface area contributed by atoms with Crippen molar-refractivity contribution >= 4 is 81.1 Å². The smallest absolute Gasteiger partial charge is 0.188 e. The summed E-state index contributed by atoms with van der Waals surface area (Å²) in [6.45, 7) is 8.31. The number of benzene rings is 10. The number of rotatable bonds is 4. The molecule has 0 heterocycles. The molecule has 0 N–H and O–H groups in total. The predicted molar refractivity (Wildman–Crippen MR) is 244 cm³/mol. The van der Waals surface area contributed by atoms with E-state index in [9.17, 15) is 5.26 Å². The van der Waals surface area contributed by atoms with Crippen molar-refractivity contribution in [2.75, 3.05) is 0 Å². The summed E-state index contributed by atoms with van der Waals surface area (Å²) in [6, 6.07) is 67.2. The molecule has 0 spiro atoms. The van der Waals surface area contributed by atoms with Crippen molar-refractivity contribution in [1.29, 1.82) is 5.26 Å². The van der Waals surface area contributed by atoms with Crippen LogP contribution in [0.3, 0.4) is 0 Å². The topological polar surface area (TPSA) is 28.1 Å². The molecule has 0 saturated heterocycles. The van der Waals surface area contributed by atoms with Gasteiger partial charge in [0, 0.05) is 0 Å². The third-order valence-electron chi connectivity index (χ3n) is 12.3. The molecule has 12 rings (SSSR count). The molecule has 0 aromatic heterocycles. The lowest BCUT2D eigenvalue weighted by Gasteiger charge is -2.20. The van der Waals surface area contributed by atoms with Crippen LogP contribution in [0, 0.1) is 17.9 Å². The Morgan fingerprint density at radius 3 is 1.50 bits per heavy atom. The molecule has 0 fully saturated rings. The van der Waals surface area contributed by atoms with Gasteiger partial charge in [0.15, 0.2) is 5.69 Å². The van der Waals surface area contributed by atoms with E-state index >= 15 is 0 Å². The van der Waals surface area contributed by atoms with Crippen LogP contribution in [0.1, 0.15) is 5.56 Å². The minimum atomic E-state index is 0.600. The zero-order valence-electron chi connectivity index (χ0n) is 31.2. The Balaban J connectivity index is 1.38. The van der Waals surface area contributed by atoms with Gasteiger partial charge in [-0.25, -0.2) is 4.85 Å². The normalized spacial score (nSPS) is 11.8. The van der Waals surface area contributed by atoms with Crippen LogP contribution >= 0.6 is 0 Å². The maximum Gasteiger partial charge on any atom is 0.188 e. The molecule has 0 atom stereocenters. The van der Waals surface area contributed by atoms with Gasteiger partial charge in [-0.15, -0.1) is 0 Å². The van der Waals surface area contributed by atoms with Crippen molar-refractivity contribution in [3.05, 3.63) is 199 Å². The van der Waals surface area contributed by atoms with Gasteiger partial charge in [-0.1, -0.05) is 140 Å². The van der Waals surface area contributed by atoms with Crippen LogP contribution in [0.5, 0.6) is 0 Å². The molecule has 0 bridgehead atoms. The number of nitriles is 1. The van der Waals surface area contributed by atoms with E-state index in [-0.39, 0.29) is 0 Å². The molecule has 12 aromatic rings. The second-order valence-corrected chi connectivity index (χ2v) is 15.4. The molecule has 264 valence electrons. The molecule has 2 heteroatoms. The van der Waals surface area contributed by atoms with Gasteiger partial charge in [-0.2, -0.15) is 5.26 Å². The van der Waals surface area contributed by atoms with E-state index in [1.54, 1.807) is 0 Å². The second-order valence-electron chi connectivity index (χ2n) is 15.4. The third-order valence-corrected chi connectivity index (χ3v) is 12.3. The summed E-state index contributed by atoms with van der Waals surface area (Å²) < 4.78 is 0. The van der Waals surface area contributed by atoms with Crippen LogP contribution in [0.2, 0.25) is 0 Å². The van der Waals surface area contributed by atoms with E-state index in [1.165, 1.54) is 53.9 Å². The number of nitrogens with zero attached hydrogens (tertiary/aromatic N) is 2. The van der Waals surface area contributed by atoms with Crippen molar-refractivity contribution in [3.8, 4) is 50.6 Å². The van der Waals surface area contributed by atoms with Crippen molar-refractivity contribution in [2.45, 2.75) is 0 Å². The van der Waals surface area contributed by atoms with Gasteiger partial charge in [0.2, 0.25) is 0 Å². The first-order valence-electron chi connectivity index (χ1n) is 19.6. The van der Waals surface area contributed by atoms with Crippen LogP contribution in [-0.2, 0) is 0 Å². The van der Waals surface area contributed by atoms with E-state index < -0.39 is 0 Å². The molecule has 0 radical (unpaired) electrons. The number of hydrogen-bond donors (Lipinski definition) is 0. The highest BCUT2D eigenvalue weighted by Crippen LogP contribution is 2.55. The molecular weight excluding hydrogens is 701 g/mol. The molecule has 12 aromatic carbocycles. The maximum atomic E-state index is 10.6. The summed E-state index contributed by atoms with van der Waals surface area (Å²) in [5, 5.41) is 27.3. The molecule has 0 saturated carbocycles. The first kappa shape index (κ1) is 32.2. The Morgan fingerprint density at radius 1 is 0.345 bits per heavy atom. The van der Waals surface area contributed by atoms with E-state index in [4.69, 9.17) is 6.57 Å². The minimum absolute atomic E-state index is 0.600. The minimum Gasteiger partial charge on any atom is -0.238 e. The van der Waals surface area contributed by atoms with Gasteiger partial charge in [0.25, 0.3) is 0 Å². The number of fused-ring (bicyclic) bond motifs is 8. The SMILES string of the molecule is [C-]#[N+]c1cc(-c2ccccc2)cc(-c2c3cc4c5ccccc5c5cccc(c3c(-c3cc(C#N)cc(-c6ccccc6)c3)c3c6cccc7cccc(c23)c76)c54)c1. The van der Waals surface area contributed by atoms with Crippen molar-refractivity contribution in [2.24, 2.45) is 0 Å². The van der Waals surface area contributed by atoms with Crippen molar-refractivity contribution in [1.82, 2.24) is 0 Å². The van der Waals surface area contributed by atoms with Crippen LogP contribution in [0.25, 0.3) is 125 Å². The summed E-state index contributed by atoms with van der Waals surface area (Å²) in [6.07, 6.45) is 0. The quantitative estimate of drug-likeness (QED) is 0.131. The Kier molecular flexibility index (Phi) is 6.80. The van der Waals surface area contributed by atoms with Gasteiger partial charge in [0.05, 0.1) is 18.2 Å². The van der Waals surface area contributed by atoms with Crippen LogP contribution in [0.4, 0.5) is 5.69 Å². The van der Waals surface area contributed by atoms with Gasteiger partial charge < -0.3 is 0 Å². The van der Waals surface area contributed by atoms with E-state index in [0.717, 1.165) is 66.1 Å². The van der Waals surface area contributed by atoms with Gasteiger partial charge in [-0.05, 0) is 162 Å². The first-order chi connectivity index (χ1) is 28.7. The Hall–Kier alpha value is -8.04. The Bertz CT molecular complexity index is 3730. The zero-order chi connectivity index (χ0) is 38.5. The van der Waals surface area contributed by atoms with Crippen LogP contribution in [-0.4, -0.2) is 0 Å². The molecule has 0 aliphatic carbocycles. The lowest BCUT2D eigenvalue weighted by Crippen LogP contribution is -1.93. The van der Waals surface area contributed by atoms with Gasteiger partial charge >= 0.3 is 0 Å². The highest BCUT2D eigenvalue weighted by Gasteiger charge is 2.27. The lowest BCUT2D eigenvalue weighted by atomic mass is 9.82. The van der Waals surface area contributed by atoms with Gasteiger partial charge in [0.1, 0.15) is 0 Å². The molecule has 0 amide bonds. The van der Waals surface area contributed by atoms with Crippen molar-refractivity contribution in [3.63, 3.8) is 0 Å². The average Bonchev–Trinajstić information content (AvgIpc) is 3.80. The highest BCUT2D eigenvalue weighted by atomic mass is 14.6. The predicted octanol–water partition coefficient (Wildman–Crippen LogP) is 15.7. The Morgan fingerprint density at radius 2 is 0.845 bits per heavy atom. The summed E-state index contributed by atoms with van der Waals surface area (Å²) in [5.41, 5.74) is 9.62. The van der Waals surface area contributed by atoms with E-state index in [1.807, 2.05) is 24.3 Å². The van der Waals surface area contributed by atoms with Gasteiger partial charge in [-0.3, -0.25) is 0 Å². The summed E-state index contributed by atoms with van der Waals surface area (Å²) in [4.78, 5) is 4.06. The highest BCUT2D eigenvalue weighted by molar-refractivity contribution is 6.44. The fourth-order valence-electron chi connectivity index (χ4n) is 9.99. The largest absolute Gasteiger partial charge is 0.238 e. The molecular formula is C56H30N2. The standard InChI is InChI=1S/C56H30N2/c1-58-41-29-38(35-15-6-3-7-16-35)28-40(30-41)51-49-31-48-43-20-9-8-19-42(43)44-21-12-24-47(53(44)48)54(49)52(39-26-33(32-57)25-37(27-39)34-13-4-2-5-14-34)56-46-23-11-18-36-17-10-22-45(50(36)46)55(51)56/h2-31H. The first-order valence-corrected chi connectivity index (χ1v) is 19.6. The summed E-state index contributed by atoms with van der Waals surface area (Å²) in [7, 11) is 0. The monoisotopic (exact) mass is 730 g/mol. The zero-order valence-corrected chi connectivity index (χ0v) is 31.2. The molecule has 0 aliphatic heterocycles. The fourth-order valence-corrected chi connectivity index (χ4v) is 9.99. The Labute approximate surface area is 334 Å². The molecule has 0 aliphatic rings. The van der Waals surface area contributed by atoms with E-state index in [0.29, 0.717) is 11.3 Å². The molecule has 0 unspecified atom stereocenters. The maximum absolute atomic E-state index is 10.6. The molecule has 58 heavy (non-hydrogen) atoms. The van der Waals surface area contributed by atoms with E-state index in [2.05, 4.69) is 169 Å². The lowest BCUT2D eigenvalue weighted by molar-refractivity contribution is 1.48. The second kappa shape index (κ2) is 12.2. The number of hydrogen-bond acceptors (Lipinski definition) is 1.